The Kier molecular flexibility index (Phi) is 7.05. The number of rotatable bonds is 7. The number of nitrogens with zero attached hydrogens (tertiary/aromatic N) is 3. The van der Waals surface area contributed by atoms with Crippen molar-refractivity contribution in [3.63, 3.8) is 0 Å². The first-order valence-electron chi connectivity index (χ1n) is 11.6. The van der Waals surface area contributed by atoms with Crippen LogP contribution in [-0.2, 0) is 13.1 Å². The molecule has 0 N–H and O–H groups in total. The third kappa shape index (κ3) is 5.28. The monoisotopic (exact) mass is 431 g/mol. The molecule has 1 aliphatic rings. The van der Waals surface area contributed by atoms with Crippen LogP contribution in [0.2, 0.25) is 0 Å². The second-order valence-corrected chi connectivity index (χ2v) is 8.90. The summed E-state index contributed by atoms with van der Waals surface area (Å²) in [4.78, 5) is 21.7. The summed E-state index contributed by atoms with van der Waals surface area (Å²) in [7, 11) is 0. The van der Waals surface area contributed by atoms with Gasteiger partial charge in [0.25, 0.3) is 5.91 Å². The third-order valence-corrected chi connectivity index (χ3v) is 6.46. The summed E-state index contributed by atoms with van der Waals surface area (Å²) in [5.74, 6) is 0.565. The number of carbonyl (C=O) groups is 1. The predicted octanol–water partition coefficient (Wildman–Crippen LogP) is 5.68. The van der Waals surface area contributed by atoms with Crippen molar-refractivity contribution < 1.29 is 9.21 Å². The second kappa shape index (κ2) is 10.1. The zero-order valence-electron chi connectivity index (χ0n) is 19.4. The van der Waals surface area contributed by atoms with Crippen LogP contribution in [0.5, 0.6) is 0 Å². The lowest BCUT2D eigenvalue weighted by Gasteiger charge is -2.29. The highest BCUT2D eigenvalue weighted by atomic mass is 16.3. The maximum absolute atomic E-state index is 12.8. The molecule has 3 aromatic rings. The number of likely N-dealkylation sites (tertiary alicyclic amines) is 1. The number of oxazole rings is 1. The van der Waals surface area contributed by atoms with E-state index in [-0.39, 0.29) is 11.9 Å². The van der Waals surface area contributed by atoms with Crippen molar-refractivity contribution in [3.8, 4) is 0 Å². The summed E-state index contributed by atoms with van der Waals surface area (Å²) < 4.78 is 5.78. The van der Waals surface area contributed by atoms with E-state index in [2.05, 4.69) is 73.1 Å². The van der Waals surface area contributed by atoms with Crippen molar-refractivity contribution >= 4 is 5.91 Å². The highest BCUT2D eigenvalue weighted by Gasteiger charge is 2.24. The molecule has 5 heteroatoms. The summed E-state index contributed by atoms with van der Waals surface area (Å²) in [6, 6.07) is 17.2. The summed E-state index contributed by atoms with van der Waals surface area (Å²) in [5.41, 5.74) is 5.48. The normalized spacial score (nSPS) is 15.2. The Balaban J connectivity index is 1.55. The molecule has 1 atom stereocenters. The van der Waals surface area contributed by atoms with Crippen LogP contribution in [-0.4, -0.2) is 33.8 Å². The Labute approximate surface area is 191 Å². The largest absolute Gasteiger partial charge is 0.447 e. The Morgan fingerprint density at radius 1 is 1.06 bits per heavy atom. The SMILES string of the molecule is Cc1ccc(C)c(CN(Cc2nc(C(=O)N3CCCCC3)co2)[C@@H](C)c2ccccc2)c1. The molecule has 1 amide bonds. The van der Waals surface area contributed by atoms with Crippen molar-refractivity contribution in [2.45, 2.75) is 59.2 Å². The fraction of sp³-hybridized carbons (Fsp3) is 0.407. The van der Waals surface area contributed by atoms with E-state index in [1.54, 1.807) is 0 Å². The summed E-state index contributed by atoms with van der Waals surface area (Å²) in [6.45, 7) is 9.43. The van der Waals surface area contributed by atoms with Crippen LogP contribution in [0, 0.1) is 13.8 Å². The van der Waals surface area contributed by atoms with Gasteiger partial charge in [0, 0.05) is 25.7 Å². The van der Waals surface area contributed by atoms with Crippen LogP contribution >= 0.6 is 0 Å². The lowest BCUT2D eigenvalue weighted by Crippen LogP contribution is -2.35. The number of benzene rings is 2. The number of aryl methyl sites for hydroxylation is 2. The standard InChI is InChI=1S/C27H33N3O2/c1-20-12-13-21(2)24(16-20)17-30(22(3)23-10-6-4-7-11-23)18-26-28-25(19-32-26)27(31)29-14-8-5-9-15-29/h4,6-7,10-13,16,19,22H,5,8-9,14-15,17-18H2,1-3H3/t22-/m0/s1. The van der Waals surface area contributed by atoms with E-state index in [0.29, 0.717) is 18.1 Å². The average molecular weight is 432 g/mol. The Hall–Kier alpha value is -2.92. The van der Waals surface area contributed by atoms with Crippen molar-refractivity contribution in [1.29, 1.82) is 0 Å². The summed E-state index contributed by atoms with van der Waals surface area (Å²) >= 11 is 0. The van der Waals surface area contributed by atoms with E-state index in [4.69, 9.17) is 4.42 Å². The molecule has 0 radical (unpaired) electrons. The maximum Gasteiger partial charge on any atom is 0.275 e. The second-order valence-electron chi connectivity index (χ2n) is 8.90. The molecular weight excluding hydrogens is 398 g/mol. The molecule has 1 fully saturated rings. The minimum atomic E-state index is -0.0168. The van der Waals surface area contributed by atoms with Crippen LogP contribution in [0.1, 0.15) is 70.9 Å². The molecule has 0 saturated carbocycles. The molecule has 0 bridgehead atoms. The van der Waals surface area contributed by atoms with Gasteiger partial charge in [-0.2, -0.15) is 0 Å². The van der Waals surface area contributed by atoms with Gasteiger partial charge in [0.05, 0.1) is 6.54 Å². The minimum absolute atomic E-state index is 0.0168. The van der Waals surface area contributed by atoms with Crippen LogP contribution in [0.3, 0.4) is 0 Å². The maximum atomic E-state index is 12.8. The highest BCUT2D eigenvalue weighted by molar-refractivity contribution is 5.92. The van der Waals surface area contributed by atoms with Crippen molar-refractivity contribution in [3.05, 3.63) is 88.6 Å². The van der Waals surface area contributed by atoms with Crippen molar-refractivity contribution in [2.24, 2.45) is 0 Å². The van der Waals surface area contributed by atoms with Gasteiger partial charge in [0.15, 0.2) is 5.69 Å². The molecule has 4 rings (SSSR count). The average Bonchev–Trinajstić information content (AvgIpc) is 3.29. The summed E-state index contributed by atoms with van der Waals surface area (Å²) in [5, 5.41) is 0. The van der Waals surface area contributed by atoms with E-state index >= 15 is 0 Å². The number of amides is 1. The predicted molar refractivity (Wildman–Crippen MR) is 126 cm³/mol. The molecule has 2 heterocycles. The van der Waals surface area contributed by atoms with Crippen molar-refractivity contribution in [2.75, 3.05) is 13.1 Å². The molecule has 5 nitrogen and oxygen atoms in total. The van der Waals surface area contributed by atoms with Gasteiger partial charge in [-0.05, 0) is 56.7 Å². The minimum Gasteiger partial charge on any atom is -0.447 e. The smallest absolute Gasteiger partial charge is 0.275 e. The Bertz CT molecular complexity index is 1040. The van der Waals surface area contributed by atoms with Crippen LogP contribution in [0.15, 0.2) is 59.2 Å². The van der Waals surface area contributed by atoms with E-state index in [1.807, 2.05) is 11.0 Å². The van der Waals surface area contributed by atoms with Gasteiger partial charge < -0.3 is 9.32 Å². The fourth-order valence-electron chi connectivity index (χ4n) is 4.38. The first-order chi connectivity index (χ1) is 15.5. The zero-order chi connectivity index (χ0) is 22.5. The molecule has 0 spiro atoms. The highest BCUT2D eigenvalue weighted by Crippen LogP contribution is 2.26. The van der Waals surface area contributed by atoms with Crippen molar-refractivity contribution in [1.82, 2.24) is 14.8 Å². The molecule has 168 valence electrons. The van der Waals surface area contributed by atoms with Gasteiger partial charge in [-0.3, -0.25) is 9.69 Å². The molecule has 2 aromatic carbocycles. The molecule has 1 aromatic heterocycles. The summed E-state index contributed by atoms with van der Waals surface area (Å²) in [6.07, 6.45) is 4.84. The quantitative estimate of drug-likeness (QED) is 0.483. The number of carbonyl (C=O) groups excluding carboxylic acids is 1. The first kappa shape index (κ1) is 22.3. The lowest BCUT2D eigenvalue weighted by molar-refractivity contribution is 0.0718. The number of hydrogen-bond acceptors (Lipinski definition) is 4. The van der Waals surface area contributed by atoms with Gasteiger partial charge in [0.1, 0.15) is 6.26 Å². The zero-order valence-corrected chi connectivity index (χ0v) is 19.4. The third-order valence-electron chi connectivity index (χ3n) is 6.46. The number of aromatic nitrogens is 1. The molecule has 32 heavy (non-hydrogen) atoms. The van der Waals surface area contributed by atoms with Gasteiger partial charge in [-0.1, -0.05) is 54.1 Å². The number of piperidine rings is 1. The van der Waals surface area contributed by atoms with E-state index in [9.17, 15) is 4.79 Å². The lowest BCUT2D eigenvalue weighted by atomic mass is 10.0. The van der Waals surface area contributed by atoms with Crippen LogP contribution in [0.25, 0.3) is 0 Å². The Morgan fingerprint density at radius 2 is 1.81 bits per heavy atom. The number of hydrogen-bond donors (Lipinski definition) is 0. The molecule has 0 unspecified atom stereocenters. The fourth-order valence-corrected chi connectivity index (χ4v) is 4.38. The van der Waals surface area contributed by atoms with E-state index < -0.39 is 0 Å². The molecule has 1 aliphatic heterocycles. The van der Waals surface area contributed by atoms with Crippen LogP contribution in [0.4, 0.5) is 0 Å². The molecular formula is C27H33N3O2. The molecule has 1 saturated heterocycles. The molecule has 0 aliphatic carbocycles. The van der Waals surface area contributed by atoms with Gasteiger partial charge in [0.2, 0.25) is 5.89 Å². The van der Waals surface area contributed by atoms with E-state index in [1.165, 1.54) is 34.9 Å². The first-order valence-corrected chi connectivity index (χ1v) is 11.6. The van der Waals surface area contributed by atoms with Gasteiger partial charge >= 0.3 is 0 Å². The van der Waals surface area contributed by atoms with Gasteiger partial charge in [-0.25, -0.2) is 4.98 Å². The van der Waals surface area contributed by atoms with Crippen LogP contribution < -0.4 is 0 Å². The van der Waals surface area contributed by atoms with E-state index in [0.717, 1.165) is 32.5 Å². The Morgan fingerprint density at radius 3 is 2.56 bits per heavy atom. The topological polar surface area (TPSA) is 49.6 Å². The van der Waals surface area contributed by atoms with Gasteiger partial charge in [-0.15, -0.1) is 0 Å².